The second-order valence-corrected chi connectivity index (χ2v) is 6.67. The highest BCUT2D eigenvalue weighted by molar-refractivity contribution is 6.36. The first-order valence-electron chi connectivity index (χ1n) is 7.95. The maximum atomic E-state index is 11.4. The van der Waals surface area contributed by atoms with E-state index in [0.29, 0.717) is 29.3 Å². The smallest absolute Gasteiger partial charge is 0.305 e. The first-order valence-corrected chi connectivity index (χ1v) is 8.71. The molecular formula is C19H18Cl2N2O2. The lowest BCUT2D eigenvalue weighted by molar-refractivity contribution is -0.140. The molecule has 0 atom stereocenters. The molecular weight excluding hydrogens is 359 g/mol. The fraction of sp³-hybridized carbons (Fsp3) is 0.263. The Kier molecular flexibility index (Phi) is 5.30. The van der Waals surface area contributed by atoms with Crippen LogP contribution in [0.2, 0.25) is 10.0 Å². The molecule has 2 heterocycles. The van der Waals surface area contributed by atoms with Gasteiger partial charge >= 0.3 is 5.97 Å². The fourth-order valence-corrected chi connectivity index (χ4v) is 3.37. The molecule has 0 N–H and O–H groups in total. The zero-order valence-corrected chi connectivity index (χ0v) is 15.6. The molecule has 0 bridgehead atoms. The van der Waals surface area contributed by atoms with E-state index in [9.17, 15) is 4.79 Å². The first kappa shape index (κ1) is 17.8. The number of esters is 1. The number of pyridine rings is 1. The predicted molar refractivity (Wildman–Crippen MR) is 99.5 cm³/mol. The number of fused-ring (bicyclic) bond motifs is 1. The lowest BCUT2D eigenvalue weighted by Crippen LogP contribution is -2.03. The number of ether oxygens (including phenoxy) is 1. The van der Waals surface area contributed by atoms with Gasteiger partial charge in [-0.15, -0.1) is 0 Å². The van der Waals surface area contributed by atoms with Gasteiger partial charge in [-0.05, 0) is 42.7 Å². The molecule has 0 aliphatic carbocycles. The van der Waals surface area contributed by atoms with Crippen LogP contribution in [0.5, 0.6) is 0 Å². The van der Waals surface area contributed by atoms with Gasteiger partial charge in [-0.1, -0.05) is 35.3 Å². The first-order chi connectivity index (χ1) is 12.0. The highest BCUT2D eigenvalue weighted by Gasteiger charge is 2.13. The summed E-state index contributed by atoms with van der Waals surface area (Å²) in [5.41, 5.74) is 3.87. The van der Waals surface area contributed by atoms with Gasteiger partial charge < -0.3 is 9.14 Å². The van der Waals surface area contributed by atoms with E-state index in [1.54, 1.807) is 0 Å². The molecule has 0 radical (unpaired) electrons. The normalized spacial score (nSPS) is 11.0. The lowest BCUT2D eigenvalue weighted by atomic mass is 10.1. The van der Waals surface area contributed by atoms with E-state index in [-0.39, 0.29) is 5.97 Å². The number of nitrogens with zero attached hydrogens (tertiary/aromatic N) is 2. The van der Waals surface area contributed by atoms with E-state index in [2.05, 4.69) is 4.98 Å². The summed E-state index contributed by atoms with van der Waals surface area (Å²) in [5.74, 6) is 0.646. The van der Waals surface area contributed by atoms with Gasteiger partial charge in [0.25, 0.3) is 0 Å². The number of hydrogen-bond donors (Lipinski definition) is 0. The zero-order chi connectivity index (χ0) is 18.0. The summed E-state index contributed by atoms with van der Waals surface area (Å²) in [7, 11) is 1.40. The number of aromatic nitrogens is 2. The zero-order valence-electron chi connectivity index (χ0n) is 14.1. The Hall–Kier alpha value is -2.04. The minimum atomic E-state index is -0.218. The molecule has 6 heteroatoms. The highest BCUT2D eigenvalue weighted by atomic mass is 35.5. The number of carbonyl (C=O) groups excluding carboxylic acids is 1. The Labute approximate surface area is 156 Å². The minimum Gasteiger partial charge on any atom is -0.469 e. The van der Waals surface area contributed by atoms with Crippen LogP contribution in [0.15, 0.2) is 36.5 Å². The molecule has 0 fully saturated rings. The fourth-order valence-electron chi connectivity index (χ4n) is 2.84. The standard InChI is InChI=1S/C19H18Cl2N2O2/c1-12-17-8-6-13(7-9-19(24)25-2)11-23(17)18(22-12)10-14-15(20)4-3-5-16(14)21/h3-6,8,11H,7,9-10H2,1-2H3. The van der Waals surface area contributed by atoms with Crippen molar-refractivity contribution in [2.75, 3.05) is 7.11 Å². The third-order valence-electron chi connectivity index (χ3n) is 4.20. The minimum absolute atomic E-state index is 0.218. The molecule has 0 aliphatic rings. The van der Waals surface area contributed by atoms with Crippen LogP contribution in [-0.2, 0) is 22.4 Å². The molecule has 130 valence electrons. The molecule has 0 unspecified atom stereocenters. The summed E-state index contributed by atoms with van der Waals surface area (Å²) in [6.45, 7) is 1.97. The SMILES string of the molecule is COC(=O)CCc1ccc2c(C)nc(Cc3c(Cl)cccc3Cl)n2c1. The quantitative estimate of drug-likeness (QED) is 0.608. The van der Waals surface area contributed by atoms with E-state index in [1.165, 1.54) is 7.11 Å². The predicted octanol–water partition coefficient (Wildman–Crippen LogP) is 4.65. The molecule has 0 amide bonds. The summed E-state index contributed by atoms with van der Waals surface area (Å²) in [6.07, 6.45) is 3.51. The molecule has 0 saturated carbocycles. The van der Waals surface area contributed by atoms with Crippen LogP contribution >= 0.6 is 23.2 Å². The topological polar surface area (TPSA) is 43.6 Å². The summed E-state index contributed by atoms with van der Waals surface area (Å²) < 4.78 is 6.75. The summed E-state index contributed by atoms with van der Waals surface area (Å²) in [4.78, 5) is 16.0. The second kappa shape index (κ2) is 7.46. The molecule has 0 aliphatic heterocycles. The molecule has 3 aromatic rings. The van der Waals surface area contributed by atoms with Crippen LogP contribution in [-0.4, -0.2) is 22.5 Å². The van der Waals surface area contributed by atoms with Gasteiger partial charge in [-0.3, -0.25) is 4.79 Å². The van der Waals surface area contributed by atoms with Crippen molar-refractivity contribution in [3.8, 4) is 0 Å². The van der Waals surface area contributed by atoms with Crippen molar-refractivity contribution in [1.82, 2.24) is 9.38 Å². The van der Waals surface area contributed by atoms with Crippen molar-refractivity contribution in [2.24, 2.45) is 0 Å². The summed E-state index contributed by atoms with van der Waals surface area (Å²) >= 11 is 12.6. The van der Waals surface area contributed by atoms with Gasteiger partial charge in [0.1, 0.15) is 5.82 Å². The van der Waals surface area contributed by atoms with Crippen LogP contribution < -0.4 is 0 Å². The Morgan fingerprint density at radius 1 is 1.20 bits per heavy atom. The van der Waals surface area contributed by atoms with E-state index >= 15 is 0 Å². The number of halogens is 2. The Balaban J connectivity index is 1.96. The van der Waals surface area contributed by atoms with Crippen molar-refractivity contribution in [3.05, 3.63) is 69.2 Å². The van der Waals surface area contributed by atoms with E-state index < -0.39 is 0 Å². The average molecular weight is 377 g/mol. The van der Waals surface area contributed by atoms with Crippen molar-refractivity contribution in [1.29, 1.82) is 0 Å². The van der Waals surface area contributed by atoms with Crippen LogP contribution in [0, 0.1) is 6.92 Å². The maximum absolute atomic E-state index is 11.4. The van der Waals surface area contributed by atoms with Gasteiger partial charge in [0, 0.05) is 29.1 Å². The molecule has 4 nitrogen and oxygen atoms in total. The largest absolute Gasteiger partial charge is 0.469 e. The second-order valence-electron chi connectivity index (χ2n) is 5.86. The molecule has 0 saturated heterocycles. The van der Waals surface area contributed by atoms with Crippen molar-refractivity contribution >= 4 is 34.7 Å². The third-order valence-corrected chi connectivity index (χ3v) is 4.91. The van der Waals surface area contributed by atoms with Crippen molar-refractivity contribution in [3.63, 3.8) is 0 Å². The van der Waals surface area contributed by atoms with E-state index in [0.717, 1.165) is 28.2 Å². The number of carbonyl (C=O) groups is 1. The van der Waals surface area contributed by atoms with E-state index in [1.807, 2.05) is 47.9 Å². The lowest BCUT2D eigenvalue weighted by Gasteiger charge is -2.08. The monoisotopic (exact) mass is 376 g/mol. The van der Waals surface area contributed by atoms with Crippen LogP contribution in [0.25, 0.3) is 5.52 Å². The van der Waals surface area contributed by atoms with Gasteiger partial charge in [-0.2, -0.15) is 0 Å². The van der Waals surface area contributed by atoms with E-state index in [4.69, 9.17) is 27.9 Å². The number of hydrogen-bond acceptors (Lipinski definition) is 3. The molecule has 1 aromatic carbocycles. The Morgan fingerprint density at radius 3 is 2.60 bits per heavy atom. The number of imidazole rings is 1. The van der Waals surface area contributed by atoms with Crippen molar-refractivity contribution < 1.29 is 9.53 Å². The summed E-state index contributed by atoms with van der Waals surface area (Å²) in [6, 6.07) is 9.51. The van der Waals surface area contributed by atoms with Crippen LogP contribution in [0.3, 0.4) is 0 Å². The molecule has 2 aromatic heterocycles. The van der Waals surface area contributed by atoms with Crippen molar-refractivity contribution in [2.45, 2.75) is 26.2 Å². The van der Waals surface area contributed by atoms with Gasteiger partial charge in [0.15, 0.2) is 0 Å². The maximum Gasteiger partial charge on any atom is 0.305 e. The Bertz CT molecular complexity index is 914. The average Bonchev–Trinajstić information content (AvgIpc) is 2.91. The molecule has 3 rings (SSSR count). The van der Waals surface area contributed by atoms with Crippen LogP contribution in [0.1, 0.15) is 29.1 Å². The third kappa shape index (κ3) is 3.80. The number of aryl methyl sites for hydroxylation is 2. The van der Waals surface area contributed by atoms with Gasteiger partial charge in [0.05, 0.1) is 18.3 Å². The molecule has 0 spiro atoms. The number of benzene rings is 1. The van der Waals surface area contributed by atoms with Gasteiger partial charge in [0.2, 0.25) is 0 Å². The number of rotatable bonds is 5. The number of methoxy groups -OCH3 is 1. The van der Waals surface area contributed by atoms with Gasteiger partial charge in [-0.25, -0.2) is 4.98 Å². The summed E-state index contributed by atoms with van der Waals surface area (Å²) in [5, 5.41) is 1.26. The highest BCUT2D eigenvalue weighted by Crippen LogP contribution is 2.27. The molecule has 25 heavy (non-hydrogen) atoms. The van der Waals surface area contributed by atoms with Crippen LogP contribution in [0.4, 0.5) is 0 Å². The Morgan fingerprint density at radius 2 is 1.92 bits per heavy atom.